The molecule has 0 saturated carbocycles. The van der Waals surface area contributed by atoms with Crippen LogP contribution in [0.4, 0.5) is 0 Å². The maximum absolute atomic E-state index is 5.67. The quantitative estimate of drug-likeness (QED) is 0.846. The van der Waals surface area contributed by atoms with Gasteiger partial charge < -0.3 is 10.1 Å². The van der Waals surface area contributed by atoms with Crippen LogP contribution in [0.15, 0.2) is 24.3 Å². The monoisotopic (exact) mass is 233 g/mol. The van der Waals surface area contributed by atoms with Crippen LogP contribution in [0.1, 0.15) is 50.8 Å². The third kappa shape index (κ3) is 3.08. The van der Waals surface area contributed by atoms with E-state index in [1.165, 1.54) is 11.1 Å². The van der Waals surface area contributed by atoms with Crippen LogP contribution in [0.3, 0.4) is 0 Å². The summed E-state index contributed by atoms with van der Waals surface area (Å²) in [6.07, 6.45) is 0. The molecule has 1 fully saturated rings. The van der Waals surface area contributed by atoms with Crippen molar-refractivity contribution in [2.75, 3.05) is 13.2 Å². The van der Waals surface area contributed by atoms with Crippen LogP contribution in [-0.2, 0) is 4.74 Å². The van der Waals surface area contributed by atoms with Crippen molar-refractivity contribution in [2.45, 2.75) is 45.2 Å². The van der Waals surface area contributed by atoms with E-state index >= 15 is 0 Å². The lowest BCUT2D eigenvalue weighted by Crippen LogP contribution is -2.51. The Morgan fingerprint density at radius 2 is 1.88 bits per heavy atom. The molecule has 17 heavy (non-hydrogen) atoms. The zero-order valence-electron chi connectivity index (χ0n) is 11.3. The van der Waals surface area contributed by atoms with Crippen LogP contribution in [0.2, 0.25) is 0 Å². The van der Waals surface area contributed by atoms with Gasteiger partial charge in [0.2, 0.25) is 0 Å². The highest BCUT2D eigenvalue weighted by Gasteiger charge is 2.28. The summed E-state index contributed by atoms with van der Waals surface area (Å²) in [6.45, 7) is 10.4. The second kappa shape index (κ2) is 4.79. The Morgan fingerprint density at radius 3 is 2.41 bits per heavy atom. The summed E-state index contributed by atoms with van der Waals surface area (Å²) < 4.78 is 5.67. The van der Waals surface area contributed by atoms with Crippen molar-refractivity contribution in [3.05, 3.63) is 35.4 Å². The molecule has 0 aromatic heterocycles. The molecule has 1 aliphatic heterocycles. The van der Waals surface area contributed by atoms with E-state index in [2.05, 4.69) is 57.3 Å². The fourth-order valence-electron chi connectivity index (χ4n) is 2.28. The molecule has 0 amide bonds. The fourth-order valence-corrected chi connectivity index (χ4v) is 2.28. The minimum atomic E-state index is 0.0691. The highest BCUT2D eigenvalue weighted by molar-refractivity contribution is 5.27. The molecule has 1 aromatic carbocycles. The van der Waals surface area contributed by atoms with E-state index in [4.69, 9.17) is 4.74 Å². The van der Waals surface area contributed by atoms with Crippen molar-refractivity contribution >= 4 is 0 Å². The van der Waals surface area contributed by atoms with Crippen LogP contribution in [0, 0.1) is 0 Å². The second-order valence-electron chi connectivity index (χ2n) is 5.92. The number of ether oxygens (including phenoxy) is 1. The smallest absolute Gasteiger partial charge is 0.0662 e. The van der Waals surface area contributed by atoms with Gasteiger partial charge in [0.15, 0.2) is 0 Å². The van der Waals surface area contributed by atoms with Crippen LogP contribution in [0.25, 0.3) is 0 Å². The zero-order chi connectivity index (χ0) is 12.5. The molecular formula is C15H23NO. The van der Waals surface area contributed by atoms with Gasteiger partial charge in [-0.25, -0.2) is 0 Å². The number of hydrogen-bond acceptors (Lipinski definition) is 2. The van der Waals surface area contributed by atoms with Crippen molar-refractivity contribution in [1.82, 2.24) is 5.32 Å². The molecule has 2 rings (SSSR count). The molecule has 94 valence electrons. The molecule has 1 heterocycles. The Balaban J connectivity index is 2.12. The number of benzene rings is 1. The maximum Gasteiger partial charge on any atom is 0.0662 e. The average molecular weight is 233 g/mol. The number of hydrogen-bond donors (Lipinski definition) is 1. The van der Waals surface area contributed by atoms with E-state index in [0.29, 0.717) is 12.0 Å². The van der Waals surface area contributed by atoms with Crippen molar-refractivity contribution < 1.29 is 4.74 Å². The fraction of sp³-hybridized carbons (Fsp3) is 0.600. The van der Waals surface area contributed by atoms with Crippen LogP contribution in [0.5, 0.6) is 0 Å². The lowest BCUT2D eigenvalue weighted by Gasteiger charge is -2.37. The first-order chi connectivity index (χ1) is 7.98. The molecule has 0 aliphatic carbocycles. The van der Waals surface area contributed by atoms with E-state index in [1.54, 1.807) is 0 Å². The lowest BCUT2D eigenvalue weighted by molar-refractivity contribution is 0.0127. The first kappa shape index (κ1) is 12.6. The van der Waals surface area contributed by atoms with E-state index in [9.17, 15) is 0 Å². The summed E-state index contributed by atoms with van der Waals surface area (Å²) in [5.41, 5.74) is 2.78. The average Bonchev–Trinajstić information content (AvgIpc) is 2.28. The van der Waals surface area contributed by atoms with Gasteiger partial charge in [-0.2, -0.15) is 0 Å². The molecular weight excluding hydrogens is 210 g/mol. The molecule has 2 heteroatoms. The normalized spacial score (nSPS) is 23.9. The summed E-state index contributed by atoms with van der Waals surface area (Å²) in [5, 5.41) is 3.63. The van der Waals surface area contributed by atoms with E-state index in [-0.39, 0.29) is 5.54 Å². The Labute approximate surface area is 104 Å². The summed E-state index contributed by atoms with van der Waals surface area (Å²) in [5.74, 6) is 0.594. The first-order valence-corrected chi connectivity index (χ1v) is 6.43. The summed E-state index contributed by atoms with van der Waals surface area (Å²) >= 11 is 0. The molecule has 1 aliphatic rings. The minimum Gasteiger partial charge on any atom is -0.378 e. The van der Waals surface area contributed by atoms with Crippen molar-refractivity contribution in [3.8, 4) is 0 Å². The van der Waals surface area contributed by atoms with E-state index < -0.39 is 0 Å². The third-order valence-electron chi connectivity index (χ3n) is 3.32. The van der Waals surface area contributed by atoms with Gasteiger partial charge in [0.1, 0.15) is 0 Å². The first-order valence-electron chi connectivity index (χ1n) is 6.43. The molecule has 1 N–H and O–H groups in total. The van der Waals surface area contributed by atoms with Crippen LogP contribution >= 0.6 is 0 Å². The van der Waals surface area contributed by atoms with Crippen molar-refractivity contribution in [2.24, 2.45) is 0 Å². The summed E-state index contributed by atoms with van der Waals surface area (Å²) in [4.78, 5) is 0. The van der Waals surface area contributed by atoms with Crippen molar-refractivity contribution in [3.63, 3.8) is 0 Å². The van der Waals surface area contributed by atoms with E-state index in [1.807, 2.05) is 0 Å². The molecule has 1 saturated heterocycles. The van der Waals surface area contributed by atoms with Gasteiger partial charge in [0.05, 0.1) is 19.3 Å². The molecule has 0 spiro atoms. The Kier molecular flexibility index (Phi) is 3.55. The van der Waals surface area contributed by atoms with Gasteiger partial charge in [-0.05, 0) is 30.9 Å². The molecule has 1 unspecified atom stereocenters. The van der Waals surface area contributed by atoms with Gasteiger partial charge >= 0.3 is 0 Å². The number of nitrogens with one attached hydrogen (secondary N) is 1. The highest BCUT2D eigenvalue weighted by Crippen LogP contribution is 2.24. The summed E-state index contributed by atoms with van der Waals surface area (Å²) in [7, 11) is 0. The Morgan fingerprint density at radius 1 is 1.24 bits per heavy atom. The Bertz CT molecular complexity index is 367. The predicted molar refractivity (Wildman–Crippen MR) is 71.3 cm³/mol. The van der Waals surface area contributed by atoms with Gasteiger partial charge in [-0.15, -0.1) is 0 Å². The molecule has 1 aromatic rings. The summed E-state index contributed by atoms with van der Waals surface area (Å²) in [6, 6.07) is 9.21. The number of rotatable bonds is 2. The lowest BCUT2D eigenvalue weighted by atomic mass is 9.96. The van der Waals surface area contributed by atoms with E-state index in [0.717, 1.165) is 13.2 Å². The second-order valence-corrected chi connectivity index (χ2v) is 5.92. The van der Waals surface area contributed by atoms with Gasteiger partial charge in [0.25, 0.3) is 0 Å². The standard InChI is InChI=1S/C15H23NO/c1-11(2)12-5-7-13(8-6-12)14-9-17-10-15(3,4)16-14/h5-8,11,14,16H,9-10H2,1-4H3. The zero-order valence-corrected chi connectivity index (χ0v) is 11.3. The maximum atomic E-state index is 5.67. The molecule has 2 nitrogen and oxygen atoms in total. The molecule has 0 bridgehead atoms. The highest BCUT2D eigenvalue weighted by atomic mass is 16.5. The van der Waals surface area contributed by atoms with Crippen LogP contribution < -0.4 is 5.32 Å². The predicted octanol–water partition coefficient (Wildman–Crippen LogP) is 3.25. The number of morpholine rings is 1. The Hall–Kier alpha value is -0.860. The van der Waals surface area contributed by atoms with Crippen molar-refractivity contribution in [1.29, 1.82) is 0 Å². The SMILES string of the molecule is CC(C)c1ccc(C2COCC(C)(C)N2)cc1. The molecule has 0 radical (unpaired) electrons. The molecule has 1 atom stereocenters. The minimum absolute atomic E-state index is 0.0691. The van der Waals surface area contributed by atoms with Gasteiger partial charge in [-0.1, -0.05) is 38.1 Å². The van der Waals surface area contributed by atoms with Gasteiger partial charge in [0, 0.05) is 5.54 Å². The largest absolute Gasteiger partial charge is 0.378 e. The topological polar surface area (TPSA) is 21.3 Å². The van der Waals surface area contributed by atoms with Gasteiger partial charge in [-0.3, -0.25) is 0 Å². The van der Waals surface area contributed by atoms with Crippen LogP contribution in [-0.4, -0.2) is 18.8 Å². The third-order valence-corrected chi connectivity index (χ3v) is 3.32.